The van der Waals surface area contributed by atoms with E-state index in [1.807, 2.05) is 12.3 Å². The third-order valence-corrected chi connectivity index (χ3v) is 9.78. The first-order chi connectivity index (χ1) is 19.4. The molecule has 2 fully saturated rings. The van der Waals surface area contributed by atoms with Crippen molar-refractivity contribution in [1.29, 1.82) is 0 Å². The molecule has 0 unspecified atom stereocenters. The van der Waals surface area contributed by atoms with Crippen molar-refractivity contribution in [3.63, 3.8) is 0 Å². The van der Waals surface area contributed by atoms with Crippen molar-refractivity contribution in [1.82, 2.24) is 15.0 Å². The first-order valence-electron chi connectivity index (χ1n) is 14.5. The standard InChI is InChI=1S/C30H41FN6O3S/c1-6-30(31)18-36(13-10-26(30)38)29-32-12-9-27(35-29)34-28-15-23-22(19(2)3)7-8-25(24(23)16-33-28)37-17-21(20(37)4)11-14-41(5,39)40/h7-9,12,15-16,19-21,26,38H,6,10-11,13-14,17-18H2,1-5H3,(H,32,33,34,35)/t20-,21+,26+,30-/m1/s1. The van der Waals surface area contributed by atoms with Crippen molar-refractivity contribution in [2.75, 3.05) is 46.8 Å². The molecule has 1 aromatic carbocycles. The highest BCUT2D eigenvalue weighted by Gasteiger charge is 2.42. The highest BCUT2D eigenvalue weighted by atomic mass is 32.2. The molecular weight excluding hydrogens is 543 g/mol. The van der Waals surface area contributed by atoms with E-state index in [4.69, 9.17) is 4.98 Å². The molecule has 2 aromatic heterocycles. The number of nitrogens with one attached hydrogen (secondary N) is 1. The van der Waals surface area contributed by atoms with E-state index in [1.165, 1.54) is 11.8 Å². The number of fused-ring (bicyclic) bond motifs is 1. The van der Waals surface area contributed by atoms with E-state index >= 15 is 4.39 Å². The number of halogens is 1. The molecule has 0 amide bonds. The zero-order valence-corrected chi connectivity index (χ0v) is 25.3. The van der Waals surface area contributed by atoms with Gasteiger partial charge in [0.05, 0.1) is 18.4 Å². The fraction of sp³-hybridized carbons (Fsp3) is 0.567. The van der Waals surface area contributed by atoms with Crippen LogP contribution in [0.15, 0.2) is 36.7 Å². The Kier molecular flexibility index (Phi) is 8.13. The zero-order valence-electron chi connectivity index (χ0n) is 24.5. The second-order valence-corrected chi connectivity index (χ2v) is 14.3. The van der Waals surface area contributed by atoms with Gasteiger partial charge in [-0.3, -0.25) is 0 Å². The Hall–Kier alpha value is -3.05. The van der Waals surface area contributed by atoms with Crippen molar-refractivity contribution in [3.8, 4) is 0 Å². The van der Waals surface area contributed by atoms with E-state index < -0.39 is 21.6 Å². The number of benzene rings is 1. The molecule has 0 aliphatic carbocycles. The minimum Gasteiger partial charge on any atom is -0.390 e. The van der Waals surface area contributed by atoms with Gasteiger partial charge in [-0.2, -0.15) is 4.98 Å². The fourth-order valence-electron chi connectivity index (χ4n) is 6.03. The third kappa shape index (κ3) is 6.11. The first kappa shape index (κ1) is 29.4. The van der Waals surface area contributed by atoms with Crippen LogP contribution >= 0.6 is 0 Å². The molecular formula is C30H41FN6O3S. The summed E-state index contributed by atoms with van der Waals surface area (Å²) in [6, 6.07) is 8.38. The molecule has 0 radical (unpaired) electrons. The number of piperidine rings is 1. The highest BCUT2D eigenvalue weighted by molar-refractivity contribution is 7.90. The molecule has 222 valence electrons. The number of rotatable bonds is 9. The molecule has 5 rings (SSSR count). The molecule has 4 atom stereocenters. The van der Waals surface area contributed by atoms with Crippen LogP contribution in [0.3, 0.4) is 0 Å². The lowest BCUT2D eigenvalue weighted by Crippen LogP contribution is -2.55. The molecule has 9 nitrogen and oxygen atoms in total. The lowest BCUT2D eigenvalue weighted by atomic mass is 9.85. The summed E-state index contributed by atoms with van der Waals surface area (Å²) >= 11 is 0. The summed E-state index contributed by atoms with van der Waals surface area (Å²) in [6.07, 6.45) is 5.08. The molecule has 11 heteroatoms. The number of sulfone groups is 1. The summed E-state index contributed by atoms with van der Waals surface area (Å²) in [4.78, 5) is 17.9. The number of hydrogen-bond donors (Lipinski definition) is 2. The van der Waals surface area contributed by atoms with Crippen molar-refractivity contribution in [3.05, 3.63) is 42.2 Å². The van der Waals surface area contributed by atoms with Gasteiger partial charge in [0, 0.05) is 48.9 Å². The number of pyridine rings is 1. The zero-order chi connectivity index (χ0) is 29.5. The topological polar surface area (TPSA) is 112 Å². The Morgan fingerprint density at radius 2 is 1.98 bits per heavy atom. The largest absolute Gasteiger partial charge is 0.390 e. The molecule has 0 saturated carbocycles. The Bertz CT molecular complexity index is 1520. The van der Waals surface area contributed by atoms with Crippen LogP contribution in [0.1, 0.15) is 58.4 Å². The summed E-state index contributed by atoms with van der Waals surface area (Å²) in [5, 5.41) is 15.6. The fourth-order valence-corrected chi connectivity index (χ4v) is 6.76. The van der Waals surface area contributed by atoms with Gasteiger partial charge >= 0.3 is 0 Å². The number of aliphatic hydroxyl groups excluding tert-OH is 1. The van der Waals surface area contributed by atoms with Crippen LogP contribution in [-0.4, -0.2) is 77.9 Å². The first-order valence-corrected chi connectivity index (χ1v) is 16.5. The van der Waals surface area contributed by atoms with E-state index in [2.05, 4.69) is 53.1 Å². The summed E-state index contributed by atoms with van der Waals surface area (Å²) in [6.45, 7) is 9.59. The van der Waals surface area contributed by atoms with Gasteiger partial charge < -0.3 is 20.2 Å². The quantitative estimate of drug-likeness (QED) is 0.365. The number of anilines is 4. The number of aromatic nitrogens is 3. The maximum atomic E-state index is 15.2. The Labute approximate surface area is 242 Å². The molecule has 3 aromatic rings. The minimum atomic E-state index is -2.97. The Morgan fingerprint density at radius 1 is 1.20 bits per heavy atom. The second kappa shape index (κ2) is 11.3. The van der Waals surface area contributed by atoms with Crippen LogP contribution in [0, 0.1) is 5.92 Å². The smallest absolute Gasteiger partial charge is 0.227 e. The predicted molar refractivity (Wildman–Crippen MR) is 163 cm³/mol. The molecule has 0 spiro atoms. The van der Waals surface area contributed by atoms with Gasteiger partial charge in [0.25, 0.3) is 0 Å². The van der Waals surface area contributed by atoms with E-state index in [0.717, 1.165) is 23.0 Å². The summed E-state index contributed by atoms with van der Waals surface area (Å²) in [7, 11) is -2.97. The van der Waals surface area contributed by atoms with Crippen LogP contribution in [-0.2, 0) is 9.84 Å². The summed E-state index contributed by atoms with van der Waals surface area (Å²) in [5.41, 5.74) is 0.635. The van der Waals surface area contributed by atoms with Gasteiger partial charge in [-0.05, 0) is 67.2 Å². The lowest BCUT2D eigenvalue weighted by molar-refractivity contribution is -0.0238. The molecule has 2 saturated heterocycles. The van der Waals surface area contributed by atoms with Gasteiger partial charge in [0.1, 0.15) is 21.5 Å². The lowest BCUT2D eigenvalue weighted by Gasteiger charge is -2.48. The van der Waals surface area contributed by atoms with E-state index in [0.29, 0.717) is 48.8 Å². The predicted octanol–water partition coefficient (Wildman–Crippen LogP) is 4.84. The van der Waals surface area contributed by atoms with Gasteiger partial charge in [0.15, 0.2) is 5.67 Å². The van der Waals surface area contributed by atoms with Crippen molar-refractivity contribution in [2.24, 2.45) is 5.92 Å². The van der Waals surface area contributed by atoms with Crippen LogP contribution in [0.2, 0.25) is 0 Å². The molecule has 2 N–H and O–H groups in total. The van der Waals surface area contributed by atoms with Crippen molar-refractivity contribution >= 4 is 43.9 Å². The van der Waals surface area contributed by atoms with Gasteiger partial charge in [-0.1, -0.05) is 26.8 Å². The minimum absolute atomic E-state index is 0.0485. The van der Waals surface area contributed by atoms with Gasteiger partial charge in [-0.15, -0.1) is 0 Å². The number of hydrogen-bond acceptors (Lipinski definition) is 9. The molecule has 2 aliphatic rings. The third-order valence-electron chi connectivity index (χ3n) is 8.80. The maximum Gasteiger partial charge on any atom is 0.227 e. The summed E-state index contributed by atoms with van der Waals surface area (Å²) < 4.78 is 38.5. The number of nitrogens with zero attached hydrogens (tertiary/aromatic N) is 5. The van der Waals surface area contributed by atoms with Crippen LogP contribution < -0.4 is 15.1 Å². The molecule has 2 aliphatic heterocycles. The SMILES string of the molecule is CC[C@@]1(F)CN(c2nccc(Nc3cc4c(C(C)C)ccc(N5C[C@H](CCS(C)(=O)=O)[C@H]5C)c4cn3)n2)CC[C@@H]1O. The second-order valence-electron chi connectivity index (χ2n) is 12.0. The Balaban J connectivity index is 1.38. The average molecular weight is 585 g/mol. The van der Waals surface area contributed by atoms with Crippen LogP contribution in [0.4, 0.5) is 27.7 Å². The molecule has 0 bridgehead atoms. The highest BCUT2D eigenvalue weighted by Crippen LogP contribution is 2.40. The molecule has 4 heterocycles. The van der Waals surface area contributed by atoms with Gasteiger partial charge in [0.2, 0.25) is 5.95 Å². The van der Waals surface area contributed by atoms with E-state index in [1.54, 1.807) is 24.1 Å². The monoisotopic (exact) mass is 584 g/mol. The average Bonchev–Trinajstić information content (AvgIpc) is 2.93. The Morgan fingerprint density at radius 3 is 2.66 bits per heavy atom. The van der Waals surface area contributed by atoms with Crippen molar-refractivity contribution < 1.29 is 17.9 Å². The maximum absolute atomic E-state index is 15.2. The number of aliphatic hydroxyl groups is 1. The van der Waals surface area contributed by atoms with Gasteiger partial charge in [-0.25, -0.2) is 22.8 Å². The van der Waals surface area contributed by atoms with Crippen LogP contribution in [0.25, 0.3) is 10.8 Å². The normalized spacial score (nSPS) is 25.0. The van der Waals surface area contributed by atoms with Crippen LogP contribution in [0.5, 0.6) is 0 Å². The number of alkyl halides is 1. The van der Waals surface area contributed by atoms with E-state index in [-0.39, 0.29) is 24.8 Å². The molecule has 41 heavy (non-hydrogen) atoms. The summed E-state index contributed by atoms with van der Waals surface area (Å²) in [5.74, 6) is 2.48. The van der Waals surface area contributed by atoms with E-state index in [9.17, 15) is 13.5 Å². The van der Waals surface area contributed by atoms with Crippen molar-refractivity contribution in [2.45, 2.75) is 70.7 Å².